The molecule has 0 aliphatic rings. The van der Waals surface area contributed by atoms with Gasteiger partial charge in [-0.15, -0.1) is 0 Å². The molecule has 0 heterocycles. The lowest BCUT2D eigenvalue weighted by molar-refractivity contribution is 0.0667. The first-order chi connectivity index (χ1) is 10.7. The minimum atomic E-state index is -4.63. The summed E-state index contributed by atoms with van der Waals surface area (Å²) in [5.41, 5.74) is -1.13. The van der Waals surface area contributed by atoms with Gasteiger partial charge in [-0.3, -0.25) is 4.55 Å². The van der Waals surface area contributed by atoms with Gasteiger partial charge in [0.25, 0.3) is 10.1 Å². The van der Waals surface area contributed by atoms with Crippen LogP contribution in [0, 0.1) is 5.82 Å². The minimum absolute atomic E-state index is 0.148. The van der Waals surface area contributed by atoms with E-state index < -0.39 is 43.9 Å². The molecule has 0 radical (unpaired) electrons. The zero-order chi connectivity index (χ0) is 17.2. The van der Waals surface area contributed by atoms with E-state index in [9.17, 15) is 22.4 Å². The number of hydrogen-bond donors (Lipinski definition) is 2. The van der Waals surface area contributed by atoms with Gasteiger partial charge < -0.3 is 9.84 Å². The second-order valence-corrected chi connectivity index (χ2v) is 5.76. The zero-order valence-corrected chi connectivity index (χ0v) is 12.1. The van der Waals surface area contributed by atoms with Crippen LogP contribution < -0.4 is 4.74 Å². The van der Waals surface area contributed by atoms with E-state index in [1.807, 2.05) is 0 Å². The van der Waals surface area contributed by atoms with E-state index in [1.165, 1.54) is 12.1 Å². The molecule has 120 valence electrons. The van der Waals surface area contributed by atoms with Gasteiger partial charge >= 0.3 is 11.9 Å². The van der Waals surface area contributed by atoms with Gasteiger partial charge in [-0.05, 0) is 30.3 Å². The number of carboxylic acid groups (broad SMARTS) is 1. The Labute approximate surface area is 129 Å². The lowest BCUT2D eigenvalue weighted by Gasteiger charge is -2.08. The molecular weight excluding hydrogens is 331 g/mol. The molecule has 2 aromatic rings. The first kappa shape index (κ1) is 16.6. The molecule has 0 fully saturated rings. The van der Waals surface area contributed by atoms with Gasteiger partial charge in [0, 0.05) is 6.07 Å². The summed E-state index contributed by atoms with van der Waals surface area (Å²) in [6, 6.07) is 6.98. The van der Waals surface area contributed by atoms with E-state index in [2.05, 4.69) is 0 Å². The Morgan fingerprint density at radius 1 is 1.04 bits per heavy atom. The van der Waals surface area contributed by atoms with E-state index in [1.54, 1.807) is 0 Å². The average molecular weight is 340 g/mol. The number of ether oxygens (including phenoxy) is 1. The first-order valence-electron chi connectivity index (χ1n) is 6.01. The lowest BCUT2D eigenvalue weighted by atomic mass is 10.1. The second kappa shape index (κ2) is 6.15. The van der Waals surface area contributed by atoms with Crippen molar-refractivity contribution in [3.63, 3.8) is 0 Å². The Hall–Kier alpha value is -2.78. The molecule has 0 aromatic heterocycles. The number of halogens is 1. The largest absolute Gasteiger partial charge is 0.478 e. The predicted molar refractivity (Wildman–Crippen MR) is 74.6 cm³/mol. The molecule has 0 unspecified atom stereocenters. The minimum Gasteiger partial charge on any atom is -0.478 e. The molecule has 7 nitrogen and oxygen atoms in total. The van der Waals surface area contributed by atoms with Gasteiger partial charge in [-0.1, -0.05) is 6.07 Å². The Morgan fingerprint density at radius 2 is 1.74 bits per heavy atom. The molecular formula is C14H9FO7S. The molecule has 0 saturated carbocycles. The number of hydrogen-bond acceptors (Lipinski definition) is 5. The average Bonchev–Trinajstić information content (AvgIpc) is 2.45. The standard InChI is InChI=1S/C14H9FO7S/c15-8-2-1-3-9(6-8)22-14(18)11-5-4-10(23(19,20)21)7-12(11)13(16)17/h1-7H,(H,16,17)(H,19,20,21). The van der Waals surface area contributed by atoms with Crippen molar-refractivity contribution in [3.8, 4) is 5.75 Å². The molecule has 0 bridgehead atoms. The van der Waals surface area contributed by atoms with Crippen molar-refractivity contribution in [1.82, 2.24) is 0 Å². The molecule has 2 N–H and O–H groups in total. The number of aromatic carboxylic acids is 1. The maximum atomic E-state index is 13.0. The summed E-state index contributed by atoms with van der Waals surface area (Å²) in [6.07, 6.45) is 0. The van der Waals surface area contributed by atoms with Gasteiger partial charge in [-0.2, -0.15) is 8.42 Å². The van der Waals surface area contributed by atoms with Crippen LogP contribution in [0.5, 0.6) is 5.75 Å². The number of rotatable bonds is 4. The monoisotopic (exact) mass is 340 g/mol. The van der Waals surface area contributed by atoms with Gasteiger partial charge in [0.05, 0.1) is 16.0 Å². The van der Waals surface area contributed by atoms with Crippen molar-refractivity contribution in [2.45, 2.75) is 4.90 Å². The molecule has 0 saturated heterocycles. The molecule has 2 rings (SSSR count). The normalized spacial score (nSPS) is 11.0. The van der Waals surface area contributed by atoms with Crippen LogP contribution in [0.25, 0.3) is 0 Å². The molecule has 0 atom stereocenters. The summed E-state index contributed by atoms with van der Waals surface area (Å²) in [5, 5.41) is 9.07. The zero-order valence-electron chi connectivity index (χ0n) is 11.3. The van der Waals surface area contributed by atoms with Gasteiger partial charge in [-0.25, -0.2) is 14.0 Å². The molecule has 9 heteroatoms. The van der Waals surface area contributed by atoms with Crippen molar-refractivity contribution >= 4 is 22.1 Å². The van der Waals surface area contributed by atoms with Crippen molar-refractivity contribution in [2.24, 2.45) is 0 Å². The fourth-order valence-corrected chi connectivity index (χ4v) is 2.24. The summed E-state index contributed by atoms with van der Waals surface area (Å²) in [6.45, 7) is 0. The molecule has 0 aliphatic carbocycles. The quantitative estimate of drug-likeness (QED) is 0.496. The smallest absolute Gasteiger partial charge is 0.344 e. The van der Waals surface area contributed by atoms with E-state index in [4.69, 9.17) is 14.4 Å². The summed E-state index contributed by atoms with van der Waals surface area (Å²) in [4.78, 5) is 22.5. The van der Waals surface area contributed by atoms with E-state index in [0.717, 1.165) is 24.3 Å². The van der Waals surface area contributed by atoms with Gasteiger partial charge in [0.2, 0.25) is 0 Å². The molecule has 2 aromatic carbocycles. The third kappa shape index (κ3) is 3.90. The summed E-state index contributed by atoms with van der Waals surface area (Å²) in [7, 11) is -4.63. The number of carbonyl (C=O) groups excluding carboxylic acids is 1. The number of benzene rings is 2. The van der Waals surface area contributed by atoms with Crippen LogP contribution in [0.1, 0.15) is 20.7 Å². The number of carbonyl (C=O) groups is 2. The third-order valence-electron chi connectivity index (χ3n) is 2.75. The maximum absolute atomic E-state index is 13.0. The topological polar surface area (TPSA) is 118 Å². The van der Waals surface area contributed by atoms with Crippen LogP contribution in [0.4, 0.5) is 4.39 Å². The highest BCUT2D eigenvalue weighted by molar-refractivity contribution is 7.85. The van der Waals surface area contributed by atoms with E-state index in [0.29, 0.717) is 6.07 Å². The van der Waals surface area contributed by atoms with Crippen LogP contribution in [-0.4, -0.2) is 30.0 Å². The number of carboxylic acids is 1. The molecule has 23 heavy (non-hydrogen) atoms. The highest BCUT2D eigenvalue weighted by Gasteiger charge is 2.22. The van der Waals surface area contributed by atoms with Crippen molar-refractivity contribution in [2.75, 3.05) is 0 Å². The van der Waals surface area contributed by atoms with E-state index in [-0.39, 0.29) is 5.75 Å². The Kier molecular flexibility index (Phi) is 4.43. The fraction of sp³-hybridized carbons (Fsp3) is 0. The highest BCUT2D eigenvalue weighted by Crippen LogP contribution is 2.19. The Bertz CT molecular complexity index is 890. The van der Waals surface area contributed by atoms with Crippen LogP contribution in [0.3, 0.4) is 0 Å². The third-order valence-corrected chi connectivity index (χ3v) is 3.60. The van der Waals surface area contributed by atoms with Crippen LogP contribution in [0.15, 0.2) is 47.4 Å². The van der Waals surface area contributed by atoms with Crippen LogP contribution in [-0.2, 0) is 10.1 Å². The number of esters is 1. The van der Waals surface area contributed by atoms with Crippen molar-refractivity contribution < 1.29 is 36.8 Å². The lowest BCUT2D eigenvalue weighted by Crippen LogP contribution is -2.15. The van der Waals surface area contributed by atoms with Crippen molar-refractivity contribution in [1.29, 1.82) is 0 Å². The van der Waals surface area contributed by atoms with Gasteiger partial charge in [0.15, 0.2) is 0 Å². The SMILES string of the molecule is O=C(O)c1cc(S(=O)(=O)O)ccc1C(=O)Oc1cccc(F)c1. The van der Waals surface area contributed by atoms with Crippen LogP contribution >= 0.6 is 0 Å². The molecule has 0 aliphatic heterocycles. The van der Waals surface area contributed by atoms with E-state index >= 15 is 0 Å². The first-order valence-corrected chi connectivity index (χ1v) is 7.45. The van der Waals surface area contributed by atoms with Gasteiger partial charge in [0.1, 0.15) is 11.6 Å². The summed E-state index contributed by atoms with van der Waals surface area (Å²) < 4.78 is 48.8. The Balaban J connectivity index is 2.42. The maximum Gasteiger partial charge on any atom is 0.344 e. The molecule has 0 spiro atoms. The predicted octanol–water partition coefficient (Wildman–Crippen LogP) is 1.99. The van der Waals surface area contributed by atoms with Crippen LogP contribution in [0.2, 0.25) is 0 Å². The Morgan fingerprint density at radius 3 is 2.30 bits per heavy atom. The summed E-state index contributed by atoms with van der Waals surface area (Å²) >= 11 is 0. The second-order valence-electron chi connectivity index (χ2n) is 4.33. The highest BCUT2D eigenvalue weighted by atomic mass is 32.2. The van der Waals surface area contributed by atoms with Crippen molar-refractivity contribution in [3.05, 3.63) is 59.4 Å². The summed E-state index contributed by atoms with van der Waals surface area (Å²) in [5.74, 6) is -3.52. The molecule has 0 amide bonds. The fourth-order valence-electron chi connectivity index (χ4n) is 1.73.